The average molecular weight is 398 g/mol. The van der Waals surface area contributed by atoms with Gasteiger partial charge >= 0.3 is 0 Å². The Kier molecular flexibility index (Phi) is 5.09. The molecule has 1 atom stereocenters. The summed E-state index contributed by atoms with van der Waals surface area (Å²) in [7, 11) is 3.28. The van der Waals surface area contributed by atoms with Crippen molar-refractivity contribution in [3.8, 4) is 11.5 Å². The number of aromatic nitrogens is 1. The number of carbonyl (C=O) groups is 1. The summed E-state index contributed by atoms with van der Waals surface area (Å²) in [5.74, 6) is 1.96. The Balaban J connectivity index is 1.43. The molecule has 0 aliphatic carbocycles. The largest absolute Gasteiger partial charge is 0.493 e. The number of thiazole rings is 1. The van der Waals surface area contributed by atoms with Crippen LogP contribution in [0.25, 0.3) is 10.2 Å². The normalized spacial score (nSPS) is 16.5. The van der Waals surface area contributed by atoms with Gasteiger partial charge in [0, 0.05) is 18.7 Å². The fraction of sp³-hybridized carbons (Fsp3) is 0.333. The molecule has 28 heavy (non-hydrogen) atoms. The lowest BCUT2D eigenvalue weighted by Gasteiger charge is -2.17. The molecule has 1 amide bonds. The van der Waals surface area contributed by atoms with Crippen LogP contribution in [0.5, 0.6) is 11.5 Å². The van der Waals surface area contributed by atoms with E-state index >= 15 is 0 Å². The molecule has 1 saturated heterocycles. The molecule has 1 aliphatic rings. The lowest BCUT2D eigenvalue weighted by molar-refractivity contribution is 0.0787. The zero-order valence-electron chi connectivity index (χ0n) is 16.0. The second-order valence-corrected chi connectivity index (χ2v) is 8.10. The number of likely N-dealkylation sites (tertiary alicyclic amines) is 1. The average Bonchev–Trinajstić information content (AvgIpc) is 3.32. The summed E-state index contributed by atoms with van der Waals surface area (Å²) in [6, 6.07) is 11.6. The van der Waals surface area contributed by atoms with E-state index in [4.69, 9.17) is 15.2 Å². The van der Waals surface area contributed by atoms with Gasteiger partial charge in [0.15, 0.2) is 16.6 Å². The molecule has 1 aromatic heterocycles. The highest BCUT2D eigenvalue weighted by molar-refractivity contribution is 7.22. The first kappa shape index (κ1) is 18.6. The summed E-state index contributed by atoms with van der Waals surface area (Å²) in [6.07, 6.45) is 1.90. The van der Waals surface area contributed by atoms with Crippen LogP contribution in [0.3, 0.4) is 0 Å². The van der Waals surface area contributed by atoms with Gasteiger partial charge in [0.25, 0.3) is 5.91 Å². The van der Waals surface area contributed by atoms with Crippen LogP contribution in [0.2, 0.25) is 0 Å². The number of hydrogen-bond acceptors (Lipinski definition) is 6. The third-order valence-electron chi connectivity index (χ3n) is 5.20. The molecule has 0 spiro atoms. The Labute approximate surface area is 167 Å². The van der Waals surface area contributed by atoms with Gasteiger partial charge in [-0.15, -0.1) is 0 Å². The van der Waals surface area contributed by atoms with E-state index in [9.17, 15) is 4.79 Å². The van der Waals surface area contributed by atoms with E-state index < -0.39 is 0 Å². The highest BCUT2D eigenvalue weighted by Crippen LogP contribution is 2.31. The van der Waals surface area contributed by atoms with Crippen molar-refractivity contribution in [2.45, 2.75) is 12.8 Å². The van der Waals surface area contributed by atoms with Gasteiger partial charge in [-0.25, -0.2) is 4.98 Å². The Morgan fingerprint density at radius 2 is 2.04 bits per heavy atom. The lowest BCUT2D eigenvalue weighted by atomic mass is 9.98. The van der Waals surface area contributed by atoms with Crippen molar-refractivity contribution in [1.82, 2.24) is 9.88 Å². The zero-order chi connectivity index (χ0) is 19.7. The third kappa shape index (κ3) is 3.62. The fourth-order valence-electron chi connectivity index (χ4n) is 3.79. The Morgan fingerprint density at radius 1 is 1.21 bits per heavy atom. The van der Waals surface area contributed by atoms with Crippen LogP contribution in [0.1, 0.15) is 22.3 Å². The second kappa shape index (κ2) is 7.67. The predicted molar refractivity (Wildman–Crippen MR) is 111 cm³/mol. The van der Waals surface area contributed by atoms with Crippen LogP contribution in [-0.4, -0.2) is 43.1 Å². The summed E-state index contributed by atoms with van der Waals surface area (Å²) in [6.45, 7) is 1.53. The van der Waals surface area contributed by atoms with Gasteiger partial charge in [0.05, 0.1) is 24.4 Å². The highest BCUT2D eigenvalue weighted by Gasteiger charge is 2.27. The maximum absolute atomic E-state index is 12.9. The molecule has 0 bridgehead atoms. The molecule has 6 nitrogen and oxygen atoms in total. The molecule has 0 radical (unpaired) electrons. The highest BCUT2D eigenvalue weighted by atomic mass is 32.1. The van der Waals surface area contributed by atoms with Gasteiger partial charge in [-0.1, -0.05) is 17.4 Å². The van der Waals surface area contributed by atoms with Gasteiger partial charge in [-0.2, -0.15) is 0 Å². The first-order chi connectivity index (χ1) is 13.6. The molecule has 146 valence electrons. The number of rotatable bonds is 5. The minimum Gasteiger partial charge on any atom is -0.493 e. The summed E-state index contributed by atoms with van der Waals surface area (Å²) >= 11 is 1.43. The van der Waals surface area contributed by atoms with Crippen LogP contribution in [0, 0.1) is 5.92 Å². The number of methoxy groups -OCH3 is 2. The molecular weight excluding hydrogens is 374 g/mol. The van der Waals surface area contributed by atoms with Crippen LogP contribution in [0.15, 0.2) is 36.4 Å². The number of fused-ring (bicyclic) bond motifs is 1. The van der Waals surface area contributed by atoms with E-state index in [0.717, 1.165) is 47.6 Å². The predicted octanol–water partition coefficient (Wildman–Crippen LogP) is 3.60. The molecule has 2 N–H and O–H groups in total. The van der Waals surface area contributed by atoms with E-state index in [1.165, 1.54) is 16.9 Å². The van der Waals surface area contributed by atoms with Crippen molar-refractivity contribution in [3.05, 3.63) is 47.5 Å². The first-order valence-electron chi connectivity index (χ1n) is 9.23. The fourth-order valence-corrected chi connectivity index (χ4v) is 4.50. The van der Waals surface area contributed by atoms with E-state index in [0.29, 0.717) is 16.6 Å². The quantitative estimate of drug-likeness (QED) is 0.712. The van der Waals surface area contributed by atoms with Crippen LogP contribution in [-0.2, 0) is 6.42 Å². The molecule has 1 fully saturated rings. The number of nitrogens with zero attached hydrogens (tertiary/aromatic N) is 2. The number of nitrogens with two attached hydrogens (primary N) is 1. The monoisotopic (exact) mass is 397 g/mol. The third-order valence-corrected chi connectivity index (χ3v) is 6.06. The van der Waals surface area contributed by atoms with Crippen molar-refractivity contribution in [3.63, 3.8) is 0 Å². The molecule has 0 saturated carbocycles. The molecule has 2 heterocycles. The van der Waals surface area contributed by atoms with Gasteiger partial charge in [-0.05, 0) is 54.7 Å². The molecule has 4 rings (SSSR count). The summed E-state index contributed by atoms with van der Waals surface area (Å²) in [4.78, 5) is 19.1. The van der Waals surface area contributed by atoms with Crippen molar-refractivity contribution in [2.75, 3.05) is 33.0 Å². The Bertz CT molecular complexity index is 1020. The molecule has 1 aliphatic heterocycles. The van der Waals surface area contributed by atoms with E-state index in [1.807, 2.05) is 35.2 Å². The smallest absolute Gasteiger partial charge is 0.253 e. The van der Waals surface area contributed by atoms with Crippen LogP contribution >= 0.6 is 11.3 Å². The van der Waals surface area contributed by atoms with Gasteiger partial charge < -0.3 is 20.1 Å². The number of anilines is 1. The Hall–Kier alpha value is -2.80. The minimum absolute atomic E-state index is 0.0586. The molecule has 7 heteroatoms. The zero-order valence-corrected chi connectivity index (χ0v) is 16.8. The Morgan fingerprint density at radius 3 is 2.82 bits per heavy atom. The summed E-state index contributed by atoms with van der Waals surface area (Å²) < 4.78 is 11.7. The maximum Gasteiger partial charge on any atom is 0.253 e. The van der Waals surface area contributed by atoms with Crippen LogP contribution in [0.4, 0.5) is 5.13 Å². The number of benzene rings is 2. The molecule has 3 aromatic rings. The number of hydrogen-bond donors (Lipinski definition) is 1. The number of carbonyl (C=O) groups excluding carboxylic acids is 1. The second-order valence-electron chi connectivity index (χ2n) is 7.03. The van der Waals surface area contributed by atoms with E-state index in [1.54, 1.807) is 14.2 Å². The summed E-state index contributed by atoms with van der Waals surface area (Å²) in [5.41, 5.74) is 8.41. The van der Waals surface area contributed by atoms with Gasteiger partial charge in [0.1, 0.15) is 0 Å². The van der Waals surface area contributed by atoms with Crippen molar-refractivity contribution >= 4 is 32.6 Å². The van der Waals surface area contributed by atoms with Crippen molar-refractivity contribution < 1.29 is 14.3 Å². The molecular formula is C21H23N3O3S. The first-order valence-corrected chi connectivity index (χ1v) is 10.0. The number of ether oxygens (including phenoxy) is 2. The standard InChI is InChI=1S/C21H23N3O3S/c1-26-17-5-3-13(10-18(17)27-2)9-14-7-8-24(12-14)20(25)15-4-6-19-16(11-15)23-21(22)28-19/h3-6,10-11,14H,7-9,12H2,1-2H3,(H2,22,23). The minimum atomic E-state index is 0.0586. The molecule has 2 aromatic carbocycles. The number of amides is 1. The van der Waals surface area contributed by atoms with Crippen molar-refractivity contribution in [2.24, 2.45) is 5.92 Å². The van der Waals surface area contributed by atoms with Crippen molar-refractivity contribution in [1.29, 1.82) is 0 Å². The van der Waals surface area contributed by atoms with Gasteiger partial charge in [0.2, 0.25) is 0 Å². The van der Waals surface area contributed by atoms with Gasteiger partial charge in [-0.3, -0.25) is 4.79 Å². The van der Waals surface area contributed by atoms with Crippen LogP contribution < -0.4 is 15.2 Å². The lowest BCUT2D eigenvalue weighted by Crippen LogP contribution is -2.28. The SMILES string of the molecule is COc1ccc(CC2CCN(C(=O)c3ccc4sc(N)nc4c3)C2)cc1OC. The topological polar surface area (TPSA) is 77.7 Å². The maximum atomic E-state index is 12.9. The van der Waals surface area contributed by atoms with E-state index in [2.05, 4.69) is 11.1 Å². The van der Waals surface area contributed by atoms with E-state index in [-0.39, 0.29) is 5.91 Å². The summed E-state index contributed by atoms with van der Waals surface area (Å²) in [5, 5.41) is 0.524. The molecule has 1 unspecified atom stereocenters. The number of nitrogen functional groups attached to an aromatic ring is 1.